The molecule has 1 aromatic heterocycles. The highest BCUT2D eigenvalue weighted by atomic mass is 32.2. The maximum atomic E-state index is 15.3. The lowest BCUT2D eigenvalue weighted by Crippen LogP contribution is -2.45. The van der Waals surface area contributed by atoms with E-state index in [1.165, 1.54) is 4.31 Å². The van der Waals surface area contributed by atoms with Gasteiger partial charge >= 0.3 is 0 Å². The van der Waals surface area contributed by atoms with Gasteiger partial charge in [0.1, 0.15) is 29.5 Å². The molecule has 7 nitrogen and oxygen atoms in total. The molecule has 1 N–H and O–H groups in total. The van der Waals surface area contributed by atoms with Gasteiger partial charge in [0.2, 0.25) is 10.0 Å². The third-order valence-electron chi connectivity index (χ3n) is 7.80. The summed E-state index contributed by atoms with van der Waals surface area (Å²) in [6.45, 7) is 1.53. The lowest BCUT2D eigenvalue weighted by Gasteiger charge is -2.38. The zero-order chi connectivity index (χ0) is 25.5. The summed E-state index contributed by atoms with van der Waals surface area (Å²) >= 11 is 0. The number of hydrogen-bond donors (Lipinski definition) is 1. The maximum absolute atomic E-state index is 15.3. The maximum Gasteiger partial charge on any atom is 0.221 e. The van der Waals surface area contributed by atoms with Crippen molar-refractivity contribution < 1.29 is 22.3 Å². The predicted octanol–water partition coefficient (Wildman–Crippen LogP) is 4.61. The summed E-state index contributed by atoms with van der Waals surface area (Å²) < 4.78 is 60.7. The summed E-state index contributed by atoms with van der Waals surface area (Å²) in [5.41, 5.74) is -0.915. The second-order valence-electron chi connectivity index (χ2n) is 10.0. The van der Waals surface area contributed by atoms with E-state index in [1.807, 2.05) is 10.6 Å². The van der Waals surface area contributed by atoms with E-state index in [4.69, 9.17) is 0 Å². The molecule has 0 spiro atoms. The normalized spacial score (nSPS) is 28.7. The summed E-state index contributed by atoms with van der Waals surface area (Å²) in [6, 6.07) is 10.8. The van der Waals surface area contributed by atoms with E-state index in [0.29, 0.717) is 31.2 Å². The molecule has 1 aliphatic heterocycles. The van der Waals surface area contributed by atoms with Crippen LogP contribution in [0, 0.1) is 11.6 Å². The van der Waals surface area contributed by atoms with Crippen LogP contribution in [0.3, 0.4) is 0 Å². The van der Waals surface area contributed by atoms with Gasteiger partial charge in [-0.2, -0.15) is 4.31 Å². The predicted molar refractivity (Wildman–Crippen MR) is 130 cm³/mol. The molecule has 2 aliphatic rings. The van der Waals surface area contributed by atoms with Crippen LogP contribution in [-0.4, -0.2) is 38.6 Å². The fourth-order valence-electron chi connectivity index (χ4n) is 5.63. The summed E-state index contributed by atoms with van der Waals surface area (Å²) in [5, 5.41) is 18.1. The van der Waals surface area contributed by atoms with Crippen molar-refractivity contribution in [2.45, 2.75) is 74.9 Å². The average molecular weight is 517 g/mol. The van der Waals surface area contributed by atoms with Gasteiger partial charge in [0.05, 0.1) is 5.60 Å². The Morgan fingerprint density at radius 3 is 2.33 bits per heavy atom. The minimum atomic E-state index is -3.78. The Kier molecular flexibility index (Phi) is 6.69. The van der Waals surface area contributed by atoms with Gasteiger partial charge in [-0.15, -0.1) is 10.2 Å². The molecule has 0 amide bonds. The molecule has 36 heavy (non-hydrogen) atoms. The van der Waals surface area contributed by atoms with Crippen LogP contribution in [0.25, 0.3) is 0 Å². The number of aromatic nitrogens is 3. The zero-order valence-corrected chi connectivity index (χ0v) is 20.9. The Labute approximate surface area is 209 Å². The van der Waals surface area contributed by atoms with Gasteiger partial charge in [-0.1, -0.05) is 30.3 Å². The molecular weight excluding hydrogens is 486 g/mol. The lowest BCUT2D eigenvalue weighted by atomic mass is 9.77. The van der Waals surface area contributed by atoms with Gasteiger partial charge < -0.3 is 9.67 Å². The van der Waals surface area contributed by atoms with Gasteiger partial charge in [0.25, 0.3) is 0 Å². The van der Waals surface area contributed by atoms with Crippen LogP contribution in [0.4, 0.5) is 8.78 Å². The van der Waals surface area contributed by atoms with E-state index in [9.17, 15) is 13.5 Å². The van der Waals surface area contributed by atoms with Crippen LogP contribution in [-0.2, 0) is 22.2 Å². The number of aliphatic hydroxyl groups is 1. The molecule has 2 atom stereocenters. The molecule has 192 valence electrons. The quantitative estimate of drug-likeness (QED) is 0.535. The first-order valence-corrected chi connectivity index (χ1v) is 13.8. The van der Waals surface area contributed by atoms with E-state index in [-0.39, 0.29) is 42.6 Å². The second-order valence-corrected chi connectivity index (χ2v) is 12.1. The fraction of sp³-hybridized carbons (Fsp3) is 0.462. The van der Waals surface area contributed by atoms with E-state index < -0.39 is 32.5 Å². The molecule has 10 heteroatoms. The first kappa shape index (κ1) is 25.0. The molecule has 0 bridgehead atoms. The molecule has 1 aliphatic carbocycles. The molecule has 3 aromatic rings. The van der Waals surface area contributed by atoms with Gasteiger partial charge in [0, 0.05) is 29.8 Å². The highest BCUT2D eigenvalue weighted by Gasteiger charge is 2.42. The van der Waals surface area contributed by atoms with Crippen molar-refractivity contribution in [3.63, 3.8) is 0 Å². The summed E-state index contributed by atoms with van der Waals surface area (Å²) in [4.78, 5) is 0. The van der Waals surface area contributed by atoms with Crippen LogP contribution >= 0.6 is 0 Å². The first-order chi connectivity index (χ1) is 17.2. The van der Waals surface area contributed by atoms with Gasteiger partial charge in [-0.3, -0.25) is 0 Å². The Hall–Kier alpha value is -2.69. The second kappa shape index (κ2) is 9.64. The smallest absolute Gasteiger partial charge is 0.221 e. The van der Waals surface area contributed by atoms with E-state index >= 15 is 8.78 Å². The molecule has 5 rings (SSSR count). The summed E-state index contributed by atoms with van der Waals surface area (Å²) in [5.74, 6) is -1.44. The molecular formula is C26H30F2N4O3S. The van der Waals surface area contributed by atoms with Crippen molar-refractivity contribution in [2.24, 2.45) is 0 Å². The molecule has 1 saturated carbocycles. The van der Waals surface area contributed by atoms with Crippen LogP contribution in [0.2, 0.25) is 0 Å². The van der Waals surface area contributed by atoms with Gasteiger partial charge in [0.15, 0.2) is 0 Å². The van der Waals surface area contributed by atoms with Gasteiger partial charge in [-0.05, 0) is 63.1 Å². The van der Waals surface area contributed by atoms with Crippen LogP contribution in [0.15, 0.2) is 55.1 Å². The lowest BCUT2D eigenvalue weighted by molar-refractivity contribution is -0.0155. The number of hydrogen-bond acceptors (Lipinski definition) is 5. The van der Waals surface area contributed by atoms with Crippen molar-refractivity contribution in [2.75, 3.05) is 0 Å². The van der Waals surface area contributed by atoms with Crippen LogP contribution < -0.4 is 0 Å². The monoisotopic (exact) mass is 516 g/mol. The zero-order valence-electron chi connectivity index (χ0n) is 20.1. The minimum absolute atomic E-state index is 0.0397. The number of halogens is 2. The van der Waals surface area contributed by atoms with E-state index in [2.05, 4.69) is 10.2 Å². The minimum Gasteiger partial charge on any atom is -0.385 e. The molecule has 0 unspecified atom stereocenters. The van der Waals surface area contributed by atoms with E-state index in [0.717, 1.165) is 12.1 Å². The van der Waals surface area contributed by atoms with Gasteiger partial charge in [-0.25, -0.2) is 17.2 Å². The molecule has 1 saturated heterocycles. The van der Waals surface area contributed by atoms with Crippen molar-refractivity contribution >= 4 is 10.0 Å². The Balaban J connectivity index is 1.37. The third-order valence-corrected chi connectivity index (χ3v) is 10.2. The molecule has 2 aromatic carbocycles. The SMILES string of the molecule is C[C@H]1CC[C@@H](c2ccccc2)S(=O)(=O)N1Cc1cc(F)c(C2(O)CCC(n3cnnc3)CC2)cc1F. The molecule has 2 fully saturated rings. The fourth-order valence-corrected chi connectivity index (χ4v) is 7.82. The van der Waals surface area contributed by atoms with Crippen LogP contribution in [0.1, 0.15) is 73.4 Å². The third kappa shape index (κ3) is 4.57. The van der Waals surface area contributed by atoms with Crippen molar-refractivity contribution in [1.82, 2.24) is 19.1 Å². The average Bonchev–Trinajstić information content (AvgIpc) is 3.39. The van der Waals surface area contributed by atoms with E-state index in [1.54, 1.807) is 43.8 Å². The number of benzene rings is 2. The van der Waals surface area contributed by atoms with Crippen molar-refractivity contribution in [3.05, 3.63) is 83.4 Å². The van der Waals surface area contributed by atoms with Crippen molar-refractivity contribution in [3.8, 4) is 0 Å². The largest absolute Gasteiger partial charge is 0.385 e. The summed E-state index contributed by atoms with van der Waals surface area (Å²) in [7, 11) is -3.78. The Morgan fingerprint density at radius 1 is 1.00 bits per heavy atom. The standard InChI is InChI=1S/C26H30F2N4O3S/c1-18-7-8-25(19-5-3-2-4-6-19)36(34,35)32(18)15-20-13-24(28)22(14-23(20)27)26(33)11-9-21(10-12-26)31-16-29-30-17-31/h2-6,13-14,16-18,21,25,33H,7-12,15H2,1H3/t18-,21?,25-,26?/m0/s1. The Bertz CT molecular complexity index is 1310. The first-order valence-electron chi connectivity index (χ1n) is 12.3. The summed E-state index contributed by atoms with van der Waals surface area (Å²) in [6.07, 6.45) is 5.99. The number of sulfonamides is 1. The highest BCUT2D eigenvalue weighted by Crippen LogP contribution is 2.43. The molecule has 0 radical (unpaired) electrons. The highest BCUT2D eigenvalue weighted by molar-refractivity contribution is 7.89. The molecule has 2 heterocycles. The van der Waals surface area contributed by atoms with Crippen LogP contribution in [0.5, 0.6) is 0 Å². The van der Waals surface area contributed by atoms with Crippen molar-refractivity contribution in [1.29, 1.82) is 0 Å². The number of nitrogens with zero attached hydrogens (tertiary/aromatic N) is 4. The topological polar surface area (TPSA) is 88.3 Å². The number of rotatable bonds is 5. The Morgan fingerprint density at radius 2 is 1.67 bits per heavy atom.